The van der Waals surface area contributed by atoms with Gasteiger partial charge in [0.2, 0.25) is 0 Å². The van der Waals surface area contributed by atoms with E-state index in [1.807, 2.05) is 84.9 Å². The predicted octanol–water partition coefficient (Wildman–Crippen LogP) is 3.28. The van der Waals surface area contributed by atoms with Crippen LogP contribution in [0.4, 0.5) is 0 Å². The second-order valence-electron chi connectivity index (χ2n) is 9.05. The molecule has 4 atom stereocenters. The zero-order chi connectivity index (χ0) is 25.4. The van der Waals surface area contributed by atoms with Crippen molar-refractivity contribution in [1.82, 2.24) is 9.55 Å². The first-order valence-electron chi connectivity index (χ1n) is 12.1. The molecule has 0 amide bonds. The predicted molar refractivity (Wildman–Crippen MR) is 135 cm³/mol. The maximum Gasteiger partial charge on any atom is 0.302 e. The van der Waals surface area contributed by atoms with Crippen molar-refractivity contribution in [3.05, 3.63) is 124 Å². The summed E-state index contributed by atoms with van der Waals surface area (Å²) in [5.74, 6) is 0.740. The molecule has 2 aliphatic heterocycles. The highest BCUT2D eigenvalue weighted by Crippen LogP contribution is 2.43. The molecule has 3 aromatic carbocycles. The Labute approximate surface area is 213 Å². The summed E-state index contributed by atoms with van der Waals surface area (Å²) in [5.41, 5.74) is 1.38. The number of benzene rings is 3. The van der Waals surface area contributed by atoms with E-state index < -0.39 is 35.7 Å². The quantitative estimate of drug-likeness (QED) is 0.391. The van der Waals surface area contributed by atoms with Crippen molar-refractivity contribution >= 4 is 0 Å². The summed E-state index contributed by atoms with van der Waals surface area (Å²) in [7, 11) is 1.63. The number of methoxy groups -OCH3 is 1. The van der Waals surface area contributed by atoms with Gasteiger partial charge in [-0.15, -0.1) is 0 Å². The largest absolute Gasteiger partial charge is 0.497 e. The van der Waals surface area contributed by atoms with E-state index in [-0.39, 0.29) is 12.6 Å². The summed E-state index contributed by atoms with van der Waals surface area (Å²) in [4.78, 5) is 15.5. The Morgan fingerprint density at radius 1 is 0.919 bits per heavy atom. The maximum atomic E-state index is 11.6. The van der Waals surface area contributed by atoms with Gasteiger partial charge in [0.05, 0.1) is 13.7 Å². The number of aliphatic hydroxyl groups is 1. The van der Waals surface area contributed by atoms with Gasteiger partial charge >= 0.3 is 6.01 Å². The summed E-state index contributed by atoms with van der Waals surface area (Å²) < 4.78 is 25.8. The van der Waals surface area contributed by atoms with Gasteiger partial charge in [0.25, 0.3) is 5.56 Å². The first kappa shape index (κ1) is 23.4. The lowest BCUT2D eigenvalue weighted by Crippen LogP contribution is -2.40. The van der Waals surface area contributed by atoms with Gasteiger partial charge in [-0.25, -0.2) is 0 Å². The lowest BCUT2D eigenvalue weighted by molar-refractivity contribution is -0.0936. The van der Waals surface area contributed by atoms with Crippen molar-refractivity contribution in [3.63, 3.8) is 0 Å². The van der Waals surface area contributed by atoms with Crippen LogP contribution in [0.15, 0.2) is 102 Å². The molecular weight excluding hydrogens is 472 g/mol. The summed E-state index contributed by atoms with van der Waals surface area (Å²) in [6.07, 6.45) is -1.38. The van der Waals surface area contributed by atoms with E-state index in [0.29, 0.717) is 0 Å². The van der Waals surface area contributed by atoms with Crippen LogP contribution in [0, 0.1) is 0 Å². The number of hydrogen-bond acceptors (Lipinski definition) is 7. The van der Waals surface area contributed by atoms with E-state index in [2.05, 4.69) is 4.98 Å². The van der Waals surface area contributed by atoms with E-state index in [0.717, 1.165) is 22.4 Å². The molecule has 1 N–H and O–H groups in total. The van der Waals surface area contributed by atoms with E-state index in [9.17, 15) is 9.90 Å². The lowest BCUT2D eigenvalue weighted by Gasteiger charge is -2.37. The molecule has 1 saturated heterocycles. The van der Waals surface area contributed by atoms with Crippen molar-refractivity contribution < 1.29 is 24.1 Å². The topological polar surface area (TPSA) is 92.0 Å². The van der Waals surface area contributed by atoms with E-state index >= 15 is 0 Å². The second kappa shape index (κ2) is 9.48. The number of ether oxygens (including phenoxy) is 4. The summed E-state index contributed by atoms with van der Waals surface area (Å²) >= 11 is 0. The Hall–Kier alpha value is -3.98. The molecule has 8 heteroatoms. The molecule has 0 bridgehead atoms. The molecule has 6 rings (SSSR count). The number of hydrogen-bond donors (Lipinski definition) is 1. The molecule has 2 aliphatic rings. The standard InChI is InChI=1S/C29H26N2O6/c1-34-22-14-12-21(13-15-22)29(19-8-4-2-5-9-19,20-10-6-3-7-11-20)35-18-23-25(33)26-27(36-23)31-17-16-24(32)30-28(31)37-26/h2-17,23,25-27,33H,18H2,1H3/t23-,25+,26?,27?/m1/s1. The highest BCUT2D eigenvalue weighted by atomic mass is 16.6. The van der Waals surface area contributed by atoms with Crippen LogP contribution in [0.25, 0.3) is 0 Å². The highest BCUT2D eigenvalue weighted by Gasteiger charge is 2.52. The number of fused-ring (bicyclic) bond motifs is 3. The molecule has 3 heterocycles. The number of aromatic nitrogens is 2. The molecule has 0 spiro atoms. The van der Waals surface area contributed by atoms with Gasteiger partial charge in [0, 0.05) is 12.3 Å². The molecule has 1 fully saturated rings. The molecule has 188 valence electrons. The van der Waals surface area contributed by atoms with Gasteiger partial charge in [-0.3, -0.25) is 9.36 Å². The normalized spacial score (nSPS) is 22.2. The van der Waals surface area contributed by atoms with Crippen LogP contribution < -0.4 is 15.0 Å². The van der Waals surface area contributed by atoms with Crippen molar-refractivity contribution in [2.45, 2.75) is 30.1 Å². The first-order chi connectivity index (χ1) is 18.1. The zero-order valence-electron chi connectivity index (χ0n) is 20.1. The molecule has 37 heavy (non-hydrogen) atoms. The van der Waals surface area contributed by atoms with Crippen LogP contribution >= 0.6 is 0 Å². The van der Waals surface area contributed by atoms with Crippen molar-refractivity contribution in [2.75, 3.05) is 13.7 Å². The molecule has 1 aromatic heterocycles. The van der Waals surface area contributed by atoms with Crippen LogP contribution in [0.2, 0.25) is 0 Å². The van der Waals surface area contributed by atoms with Crippen LogP contribution in [-0.2, 0) is 15.1 Å². The van der Waals surface area contributed by atoms with E-state index in [1.54, 1.807) is 17.9 Å². The van der Waals surface area contributed by atoms with Gasteiger partial charge in [-0.05, 0) is 28.8 Å². The number of aliphatic hydroxyl groups excluding tert-OH is 1. The minimum atomic E-state index is -0.986. The van der Waals surface area contributed by atoms with Crippen LogP contribution in [0.1, 0.15) is 22.9 Å². The minimum Gasteiger partial charge on any atom is -0.497 e. The zero-order valence-corrected chi connectivity index (χ0v) is 20.1. The third kappa shape index (κ3) is 3.99. The molecule has 0 aliphatic carbocycles. The Balaban J connectivity index is 1.37. The Morgan fingerprint density at radius 2 is 1.54 bits per heavy atom. The first-order valence-corrected chi connectivity index (χ1v) is 12.1. The Morgan fingerprint density at radius 3 is 2.16 bits per heavy atom. The molecule has 2 unspecified atom stereocenters. The molecule has 0 radical (unpaired) electrons. The Kier molecular flexibility index (Phi) is 6.00. The molecular formula is C29H26N2O6. The summed E-state index contributed by atoms with van der Waals surface area (Å²) in [5, 5.41) is 11.1. The van der Waals surface area contributed by atoms with Crippen LogP contribution in [-0.4, -0.2) is 46.7 Å². The third-order valence-electron chi connectivity index (χ3n) is 6.95. The monoisotopic (exact) mass is 498 g/mol. The fraction of sp³-hybridized carbons (Fsp3) is 0.241. The van der Waals surface area contributed by atoms with Crippen LogP contribution in [0.3, 0.4) is 0 Å². The lowest BCUT2D eigenvalue weighted by atomic mass is 9.80. The fourth-order valence-corrected chi connectivity index (χ4v) is 5.14. The van der Waals surface area contributed by atoms with Crippen molar-refractivity contribution in [2.24, 2.45) is 0 Å². The Bertz CT molecular complexity index is 1380. The highest BCUT2D eigenvalue weighted by molar-refractivity contribution is 5.48. The third-order valence-corrected chi connectivity index (χ3v) is 6.95. The van der Waals surface area contributed by atoms with Gasteiger partial charge < -0.3 is 24.1 Å². The molecule has 0 saturated carbocycles. The summed E-state index contributed by atoms with van der Waals surface area (Å²) in [6, 6.07) is 29.2. The number of nitrogens with zero attached hydrogens (tertiary/aromatic N) is 2. The van der Waals surface area contributed by atoms with E-state index in [4.69, 9.17) is 18.9 Å². The van der Waals surface area contributed by atoms with Crippen LogP contribution in [0.5, 0.6) is 11.8 Å². The molecule has 8 nitrogen and oxygen atoms in total. The van der Waals surface area contributed by atoms with Crippen molar-refractivity contribution in [1.29, 1.82) is 0 Å². The number of rotatable bonds is 7. The SMILES string of the molecule is COc1ccc(C(OC[C@H]2OC3C(Oc4nc(=O)ccn43)[C@H]2O)(c2ccccc2)c2ccccc2)cc1. The average Bonchev–Trinajstić information content (AvgIpc) is 3.45. The smallest absolute Gasteiger partial charge is 0.302 e. The van der Waals surface area contributed by atoms with Gasteiger partial charge in [0.15, 0.2) is 12.3 Å². The van der Waals surface area contributed by atoms with Gasteiger partial charge in [0.1, 0.15) is 23.6 Å². The minimum absolute atomic E-state index is 0.0797. The van der Waals surface area contributed by atoms with Crippen molar-refractivity contribution in [3.8, 4) is 11.8 Å². The van der Waals surface area contributed by atoms with E-state index in [1.165, 1.54) is 6.07 Å². The molecule has 4 aromatic rings. The van der Waals surface area contributed by atoms with Gasteiger partial charge in [-0.1, -0.05) is 72.8 Å². The maximum absolute atomic E-state index is 11.6. The fourth-order valence-electron chi connectivity index (χ4n) is 5.14. The second-order valence-corrected chi connectivity index (χ2v) is 9.05. The van der Waals surface area contributed by atoms with Gasteiger partial charge in [-0.2, -0.15) is 4.98 Å². The summed E-state index contributed by atoms with van der Waals surface area (Å²) in [6.45, 7) is 0.0797. The average molecular weight is 499 g/mol.